The molecule has 6 heteroatoms. The van der Waals surface area contributed by atoms with Crippen molar-refractivity contribution in [1.82, 2.24) is 0 Å². The standard InChI is InChI=1S/C14H18O5S/c1-9-4-6-10(7-5-9)11-12(20(3,17)18)14(11,8-19-2)13(15)16/h4-7,11-12H,8H2,1-3H3,(H,15,16)/t11-,12-,14+/m0/s1. The molecule has 1 aliphatic carbocycles. The van der Waals surface area contributed by atoms with Gasteiger partial charge in [0.25, 0.3) is 0 Å². The number of carboxylic acids is 1. The van der Waals surface area contributed by atoms with Gasteiger partial charge in [-0.1, -0.05) is 29.8 Å². The molecule has 1 aromatic rings. The fourth-order valence-corrected chi connectivity index (χ4v) is 4.90. The molecule has 2 rings (SSSR count). The van der Waals surface area contributed by atoms with Crippen LogP contribution in [0.2, 0.25) is 0 Å². The Balaban J connectivity index is 2.49. The van der Waals surface area contributed by atoms with E-state index in [0.717, 1.165) is 17.4 Å². The Morgan fingerprint density at radius 3 is 2.30 bits per heavy atom. The predicted octanol–water partition coefficient (Wildman–Crippen LogP) is 1.22. The van der Waals surface area contributed by atoms with Crippen LogP contribution in [0.25, 0.3) is 0 Å². The molecule has 0 aromatic heterocycles. The summed E-state index contributed by atoms with van der Waals surface area (Å²) < 4.78 is 28.8. The summed E-state index contributed by atoms with van der Waals surface area (Å²) in [6.07, 6.45) is 1.08. The molecule has 110 valence electrons. The lowest BCUT2D eigenvalue weighted by Crippen LogP contribution is -2.28. The van der Waals surface area contributed by atoms with E-state index in [-0.39, 0.29) is 6.61 Å². The number of hydrogen-bond donors (Lipinski definition) is 1. The molecule has 1 N–H and O–H groups in total. The second kappa shape index (κ2) is 4.86. The van der Waals surface area contributed by atoms with Crippen molar-refractivity contribution in [2.75, 3.05) is 20.0 Å². The molecule has 0 saturated heterocycles. The molecule has 0 amide bonds. The highest BCUT2D eigenvalue weighted by molar-refractivity contribution is 7.91. The molecular formula is C14H18O5S. The molecule has 0 bridgehead atoms. The van der Waals surface area contributed by atoms with Crippen LogP contribution in [0.15, 0.2) is 24.3 Å². The van der Waals surface area contributed by atoms with E-state index < -0.39 is 32.4 Å². The van der Waals surface area contributed by atoms with Gasteiger partial charge in [0.1, 0.15) is 5.41 Å². The van der Waals surface area contributed by atoms with Crippen LogP contribution in [0.5, 0.6) is 0 Å². The Hall–Kier alpha value is -1.40. The van der Waals surface area contributed by atoms with Gasteiger partial charge < -0.3 is 9.84 Å². The van der Waals surface area contributed by atoms with E-state index in [1.165, 1.54) is 7.11 Å². The molecule has 1 aromatic carbocycles. The smallest absolute Gasteiger partial charge is 0.314 e. The average Bonchev–Trinajstić information content (AvgIpc) is 3.01. The second-order valence-corrected chi connectivity index (χ2v) is 7.58. The zero-order valence-corrected chi connectivity index (χ0v) is 12.5. The van der Waals surface area contributed by atoms with E-state index in [9.17, 15) is 18.3 Å². The molecule has 1 fully saturated rings. The van der Waals surface area contributed by atoms with Crippen LogP contribution in [0.3, 0.4) is 0 Å². The van der Waals surface area contributed by atoms with Crippen LogP contribution in [-0.4, -0.2) is 44.7 Å². The van der Waals surface area contributed by atoms with Gasteiger partial charge in [-0.15, -0.1) is 0 Å². The zero-order chi connectivity index (χ0) is 15.1. The fraction of sp³-hybridized carbons (Fsp3) is 0.500. The minimum atomic E-state index is -3.47. The van der Waals surface area contributed by atoms with E-state index >= 15 is 0 Å². The van der Waals surface area contributed by atoms with Crippen LogP contribution in [0.1, 0.15) is 17.0 Å². The van der Waals surface area contributed by atoms with Gasteiger partial charge in [0, 0.05) is 19.3 Å². The van der Waals surface area contributed by atoms with Crippen molar-refractivity contribution < 1.29 is 23.1 Å². The normalized spacial score (nSPS) is 29.1. The second-order valence-electron chi connectivity index (χ2n) is 5.42. The quantitative estimate of drug-likeness (QED) is 0.884. The highest BCUT2D eigenvalue weighted by atomic mass is 32.2. The van der Waals surface area contributed by atoms with E-state index in [2.05, 4.69) is 0 Å². The Labute approximate surface area is 118 Å². The number of sulfone groups is 1. The number of carbonyl (C=O) groups is 1. The number of rotatable bonds is 5. The molecule has 0 heterocycles. The van der Waals surface area contributed by atoms with E-state index in [4.69, 9.17) is 4.74 Å². The first-order valence-corrected chi connectivity index (χ1v) is 8.18. The lowest BCUT2D eigenvalue weighted by Gasteiger charge is -2.11. The third-order valence-electron chi connectivity index (χ3n) is 3.94. The van der Waals surface area contributed by atoms with Crippen molar-refractivity contribution in [1.29, 1.82) is 0 Å². The maximum absolute atomic E-state index is 11.9. The summed E-state index contributed by atoms with van der Waals surface area (Å²) in [4.78, 5) is 11.6. The van der Waals surface area contributed by atoms with Crippen molar-refractivity contribution in [3.05, 3.63) is 35.4 Å². The zero-order valence-electron chi connectivity index (χ0n) is 11.7. The van der Waals surface area contributed by atoms with Gasteiger partial charge in [0.2, 0.25) is 0 Å². The van der Waals surface area contributed by atoms with Crippen molar-refractivity contribution in [2.24, 2.45) is 5.41 Å². The Kier molecular flexibility index (Phi) is 3.64. The van der Waals surface area contributed by atoms with Gasteiger partial charge in [-0.05, 0) is 12.5 Å². The summed E-state index contributed by atoms with van der Waals surface area (Å²) in [5.41, 5.74) is 0.390. The number of benzene rings is 1. The Bertz CT molecular complexity index is 619. The Morgan fingerprint density at radius 2 is 1.90 bits per heavy atom. The molecule has 0 unspecified atom stereocenters. The number of aryl methyl sites for hydroxylation is 1. The van der Waals surface area contributed by atoms with E-state index in [1.807, 2.05) is 19.1 Å². The molecule has 0 aliphatic heterocycles. The summed E-state index contributed by atoms with van der Waals surface area (Å²) in [6.45, 7) is 1.81. The van der Waals surface area contributed by atoms with Crippen LogP contribution in [-0.2, 0) is 19.4 Å². The maximum Gasteiger partial charge on any atom is 0.314 e. The average molecular weight is 298 g/mol. The lowest BCUT2D eigenvalue weighted by molar-refractivity contribution is -0.145. The van der Waals surface area contributed by atoms with Gasteiger partial charge in [-0.2, -0.15) is 0 Å². The minimum absolute atomic E-state index is 0.112. The van der Waals surface area contributed by atoms with Gasteiger partial charge >= 0.3 is 5.97 Å². The first-order valence-electron chi connectivity index (χ1n) is 6.23. The monoisotopic (exact) mass is 298 g/mol. The summed E-state index contributed by atoms with van der Waals surface area (Å²) in [5, 5.41) is 8.58. The fourth-order valence-electron chi connectivity index (χ4n) is 3.01. The SMILES string of the molecule is COC[C@@]1(C(=O)O)[C@@H](c2ccc(C)cc2)[C@@H]1S(C)(=O)=O. The van der Waals surface area contributed by atoms with Gasteiger partial charge in [-0.3, -0.25) is 4.79 Å². The van der Waals surface area contributed by atoms with Crippen LogP contribution >= 0.6 is 0 Å². The molecule has 5 nitrogen and oxygen atoms in total. The van der Waals surface area contributed by atoms with Crippen molar-refractivity contribution >= 4 is 15.8 Å². The molecule has 3 atom stereocenters. The summed E-state index contributed by atoms with van der Waals surface area (Å²) in [6, 6.07) is 7.29. The van der Waals surface area contributed by atoms with Gasteiger partial charge in [0.15, 0.2) is 9.84 Å². The summed E-state index contributed by atoms with van der Waals surface area (Å²) >= 11 is 0. The van der Waals surface area contributed by atoms with Crippen LogP contribution in [0.4, 0.5) is 0 Å². The Morgan fingerprint density at radius 1 is 1.35 bits per heavy atom. The number of methoxy groups -OCH3 is 1. The number of ether oxygens (including phenoxy) is 1. The topological polar surface area (TPSA) is 80.7 Å². The highest BCUT2D eigenvalue weighted by Gasteiger charge is 2.74. The van der Waals surface area contributed by atoms with Crippen molar-refractivity contribution in [3.8, 4) is 0 Å². The van der Waals surface area contributed by atoms with E-state index in [0.29, 0.717) is 0 Å². The molecule has 1 aliphatic rings. The summed E-state index contributed by atoms with van der Waals surface area (Å²) in [7, 11) is -2.09. The van der Waals surface area contributed by atoms with Gasteiger partial charge in [0.05, 0.1) is 11.9 Å². The lowest BCUT2D eigenvalue weighted by atomic mass is 9.99. The van der Waals surface area contributed by atoms with Crippen LogP contribution in [0, 0.1) is 12.3 Å². The third-order valence-corrected chi connectivity index (χ3v) is 5.55. The largest absolute Gasteiger partial charge is 0.481 e. The highest BCUT2D eigenvalue weighted by Crippen LogP contribution is 2.63. The predicted molar refractivity (Wildman–Crippen MR) is 74.5 cm³/mol. The maximum atomic E-state index is 11.9. The third kappa shape index (κ3) is 2.23. The first kappa shape index (κ1) is 15.0. The first-order chi connectivity index (χ1) is 9.25. The van der Waals surface area contributed by atoms with Crippen molar-refractivity contribution in [2.45, 2.75) is 18.1 Å². The van der Waals surface area contributed by atoms with Gasteiger partial charge in [-0.25, -0.2) is 8.42 Å². The van der Waals surface area contributed by atoms with E-state index in [1.54, 1.807) is 12.1 Å². The minimum Gasteiger partial charge on any atom is -0.481 e. The number of aliphatic carboxylic acids is 1. The molecule has 20 heavy (non-hydrogen) atoms. The number of carboxylic acid groups (broad SMARTS) is 1. The van der Waals surface area contributed by atoms with Crippen LogP contribution < -0.4 is 0 Å². The molecular weight excluding hydrogens is 280 g/mol. The van der Waals surface area contributed by atoms with Crippen molar-refractivity contribution in [3.63, 3.8) is 0 Å². The molecule has 0 spiro atoms. The summed E-state index contributed by atoms with van der Waals surface area (Å²) in [5.74, 6) is -1.68. The number of hydrogen-bond acceptors (Lipinski definition) is 4. The molecule has 0 radical (unpaired) electrons. The molecule has 1 saturated carbocycles.